The molecule has 0 saturated heterocycles. The summed E-state index contributed by atoms with van der Waals surface area (Å²) in [6, 6.07) is 2.04. The quantitative estimate of drug-likeness (QED) is 0.901. The van der Waals surface area contributed by atoms with Crippen molar-refractivity contribution < 1.29 is 5.11 Å². The normalized spacial score (nSPS) is 24.6. The molecule has 1 aromatic heterocycles. The number of halogens is 1. The lowest BCUT2D eigenvalue weighted by atomic mass is 9.87. The van der Waals surface area contributed by atoms with Crippen LogP contribution in [0, 0.1) is 12.8 Å². The van der Waals surface area contributed by atoms with Gasteiger partial charge in [0.05, 0.1) is 6.10 Å². The van der Waals surface area contributed by atoms with Gasteiger partial charge < -0.3 is 10.4 Å². The highest BCUT2D eigenvalue weighted by atomic mass is 79.9. The zero-order valence-corrected chi connectivity index (χ0v) is 11.7. The first-order valence-electron chi connectivity index (χ1n) is 6.19. The topological polar surface area (TPSA) is 45.1 Å². The standard InChI is InChI=1S/C13H19BrN2O/c1-9-5-13(16-8-12(9)14)15-7-10-3-2-4-11(17)6-10/h5,8,10-11,17H,2-4,6-7H2,1H3,(H,15,16). The van der Waals surface area contributed by atoms with E-state index >= 15 is 0 Å². The largest absolute Gasteiger partial charge is 0.393 e. The Bertz CT molecular complexity index is 384. The van der Waals surface area contributed by atoms with Crippen LogP contribution >= 0.6 is 15.9 Å². The van der Waals surface area contributed by atoms with Gasteiger partial charge in [-0.15, -0.1) is 0 Å². The van der Waals surface area contributed by atoms with Crippen LogP contribution in [0.3, 0.4) is 0 Å². The number of anilines is 1. The van der Waals surface area contributed by atoms with Gasteiger partial charge in [-0.05, 0) is 59.7 Å². The third-order valence-corrected chi connectivity index (χ3v) is 4.20. The lowest BCUT2D eigenvalue weighted by Gasteiger charge is -2.26. The number of nitrogens with one attached hydrogen (secondary N) is 1. The summed E-state index contributed by atoms with van der Waals surface area (Å²) in [6.45, 7) is 2.96. The van der Waals surface area contributed by atoms with Crippen LogP contribution in [-0.2, 0) is 0 Å². The molecule has 1 aliphatic carbocycles. The molecule has 2 rings (SSSR count). The molecular formula is C13H19BrN2O. The number of aliphatic hydroxyl groups excluding tert-OH is 1. The van der Waals surface area contributed by atoms with Gasteiger partial charge in [0.25, 0.3) is 0 Å². The van der Waals surface area contributed by atoms with E-state index in [0.29, 0.717) is 5.92 Å². The van der Waals surface area contributed by atoms with Crippen molar-refractivity contribution in [3.63, 3.8) is 0 Å². The zero-order valence-electron chi connectivity index (χ0n) is 10.1. The molecule has 1 fully saturated rings. The second-order valence-electron chi connectivity index (χ2n) is 4.89. The average molecular weight is 299 g/mol. The molecule has 3 nitrogen and oxygen atoms in total. The van der Waals surface area contributed by atoms with E-state index in [2.05, 4.69) is 33.2 Å². The molecular weight excluding hydrogens is 280 g/mol. The summed E-state index contributed by atoms with van der Waals surface area (Å²) >= 11 is 3.44. The first-order valence-corrected chi connectivity index (χ1v) is 6.98. The summed E-state index contributed by atoms with van der Waals surface area (Å²) in [5.41, 5.74) is 1.19. The summed E-state index contributed by atoms with van der Waals surface area (Å²) in [5, 5.41) is 13.0. The highest BCUT2D eigenvalue weighted by Gasteiger charge is 2.19. The molecule has 1 heterocycles. The minimum Gasteiger partial charge on any atom is -0.393 e. The predicted octanol–water partition coefficient (Wildman–Crippen LogP) is 3.12. The van der Waals surface area contributed by atoms with Crippen molar-refractivity contribution in [3.8, 4) is 0 Å². The van der Waals surface area contributed by atoms with E-state index in [1.54, 1.807) is 0 Å². The van der Waals surface area contributed by atoms with Crippen molar-refractivity contribution in [2.24, 2.45) is 5.92 Å². The summed E-state index contributed by atoms with van der Waals surface area (Å²) in [6.07, 6.45) is 5.96. The summed E-state index contributed by atoms with van der Waals surface area (Å²) < 4.78 is 1.04. The van der Waals surface area contributed by atoms with Crippen LogP contribution in [0.2, 0.25) is 0 Å². The van der Waals surface area contributed by atoms with E-state index < -0.39 is 0 Å². The summed E-state index contributed by atoms with van der Waals surface area (Å²) in [5.74, 6) is 1.50. The Morgan fingerprint density at radius 2 is 2.35 bits per heavy atom. The first-order chi connectivity index (χ1) is 8.15. The van der Waals surface area contributed by atoms with E-state index in [1.807, 2.05) is 12.3 Å². The number of pyridine rings is 1. The molecule has 94 valence electrons. The van der Waals surface area contributed by atoms with Crippen LogP contribution in [0.4, 0.5) is 5.82 Å². The molecule has 0 spiro atoms. The van der Waals surface area contributed by atoms with Gasteiger partial charge in [0.15, 0.2) is 0 Å². The lowest BCUT2D eigenvalue weighted by molar-refractivity contribution is 0.104. The molecule has 0 bridgehead atoms. The lowest BCUT2D eigenvalue weighted by Crippen LogP contribution is -2.25. The second kappa shape index (κ2) is 5.83. The molecule has 4 heteroatoms. The third kappa shape index (κ3) is 3.68. The maximum atomic E-state index is 9.61. The van der Waals surface area contributed by atoms with Crippen LogP contribution in [0.25, 0.3) is 0 Å². The first kappa shape index (κ1) is 12.8. The van der Waals surface area contributed by atoms with Crippen molar-refractivity contribution in [1.82, 2.24) is 4.98 Å². The molecule has 1 aromatic rings. The van der Waals surface area contributed by atoms with E-state index in [1.165, 1.54) is 12.0 Å². The van der Waals surface area contributed by atoms with Gasteiger partial charge in [0.2, 0.25) is 0 Å². The number of aryl methyl sites for hydroxylation is 1. The van der Waals surface area contributed by atoms with Crippen molar-refractivity contribution in [2.75, 3.05) is 11.9 Å². The van der Waals surface area contributed by atoms with Gasteiger partial charge in [-0.3, -0.25) is 0 Å². The molecule has 0 aliphatic heterocycles. The maximum absolute atomic E-state index is 9.61. The van der Waals surface area contributed by atoms with Gasteiger partial charge >= 0.3 is 0 Å². The van der Waals surface area contributed by atoms with Crippen molar-refractivity contribution in [3.05, 3.63) is 22.3 Å². The molecule has 2 N–H and O–H groups in total. The maximum Gasteiger partial charge on any atom is 0.126 e. The van der Waals surface area contributed by atoms with Crippen LogP contribution in [0.5, 0.6) is 0 Å². The van der Waals surface area contributed by atoms with Crippen molar-refractivity contribution >= 4 is 21.7 Å². The van der Waals surface area contributed by atoms with E-state index in [0.717, 1.165) is 36.1 Å². The smallest absolute Gasteiger partial charge is 0.126 e. The number of aliphatic hydroxyl groups is 1. The molecule has 2 atom stereocenters. The molecule has 17 heavy (non-hydrogen) atoms. The Hall–Kier alpha value is -0.610. The second-order valence-corrected chi connectivity index (χ2v) is 5.74. The Balaban J connectivity index is 1.86. The number of aromatic nitrogens is 1. The van der Waals surface area contributed by atoms with Crippen LogP contribution < -0.4 is 5.32 Å². The van der Waals surface area contributed by atoms with Crippen LogP contribution in [-0.4, -0.2) is 22.7 Å². The highest BCUT2D eigenvalue weighted by molar-refractivity contribution is 9.10. The minimum atomic E-state index is -0.102. The average Bonchev–Trinajstić information content (AvgIpc) is 2.31. The predicted molar refractivity (Wildman–Crippen MR) is 73.1 cm³/mol. The molecule has 1 aliphatic rings. The van der Waals surface area contributed by atoms with Crippen molar-refractivity contribution in [1.29, 1.82) is 0 Å². The Morgan fingerprint density at radius 1 is 1.53 bits per heavy atom. The molecule has 0 radical (unpaired) electrons. The molecule has 1 saturated carbocycles. The SMILES string of the molecule is Cc1cc(NCC2CCCC(O)C2)ncc1Br. The molecule has 2 unspecified atom stereocenters. The Kier molecular flexibility index (Phi) is 4.40. The fourth-order valence-electron chi connectivity index (χ4n) is 2.33. The highest BCUT2D eigenvalue weighted by Crippen LogP contribution is 2.24. The van der Waals surface area contributed by atoms with Gasteiger partial charge in [0.1, 0.15) is 5.82 Å². The summed E-state index contributed by atoms with van der Waals surface area (Å²) in [7, 11) is 0. The Labute approximate surface area is 111 Å². The van der Waals surface area contributed by atoms with Gasteiger partial charge in [0, 0.05) is 17.2 Å². The number of hydrogen-bond donors (Lipinski definition) is 2. The minimum absolute atomic E-state index is 0.102. The number of nitrogens with zero attached hydrogens (tertiary/aromatic N) is 1. The fraction of sp³-hybridized carbons (Fsp3) is 0.615. The van der Waals surface area contributed by atoms with E-state index in [-0.39, 0.29) is 6.10 Å². The molecule has 0 aromatic carbocycles. The van der Waals surface area contributed by atoms with E-state index in [4.69, 9.17) is 0 Å². The van der Waals surface area contributed by atoms with Gasteiger partial charge in [-0.1, -0.05) is 6.42 Å². The van der Waals surface area contributed by atoms with Gasteiger partial charge in [-0.25, -0.2) is 4.98 Å². The zero-order chi connectivity index (χ0) is 12.3. The van der Waals surface area contributed by atoms with Gasteiger partial charge in [-0.2, -0.15) is 0 Å². The fourth-order valence-corrected chi connectivity index (χ4v) is 2.55. The van der Waals surface area contributed by atoms with E-state index in [9.17, 15) is 5.11 Å². The van der Waals surface area contributed by atoms with Crippen molar-refractivity contribution in [2.45, 2.75) is 38.7 Å². The monoisotopic (exact) mass is 298 g/mol. The Morgan fingerprint density at radius 3 is 3.06 bits per heavy atom. The van der Waals surface area contributed by atoms with Crippen LogP contribution in [0.15, 0.2) is 16.7 Å². The number of hydrogen-bond acceptors (Lipinski definition) is 3. The summed E-state index contributed by atoms with van der Waals surface area (Å²) in [4.78, 5) is 4.32. The van der Waals surface area contributed by atoms with Crippen LogP contribution in [0.1, 0.15) is 31.2 Å². The molecule has 0 amide bonds. The third-order valence-electron chi connectivity index (χ3n) is 3.37. The number of rotatable bonds is 3.